The van der Waals surface area contributed by atoms with Gasteiger partial charge in [0.15, 0.2) is 10.8 Å². The van der Waals surface area contributed by atoms with E-state index >= 15 is 0 Å². The van der Waals surface area contributed by atoms with E-state index in [1.165, 1.54) is 11.3 Å². The third-order valence-corrected chi connectivity index (χ3v) is 4.72. The highest BCUT2D eigenvalue weighted by Gasteiger charge is 2.18. The van der Waals surface area contributed by atoms with Gasteiger partial charge in [0.1, 0.15) is 5.00 Å². The molecule has 128 valence electrons. The van der Waals surface area contributed by atoms with E-state index < -0.39 is 5.91 Å². The molecule has 2 amide bonds. The third kappa shape index (κ3) is 4.15. The van der Waals surface area contributed by atoms with Crippen LogP contribution < -0.4 is 16.4 Å². The Kier molecular flexibility index (Phi) is 5.30. The van der Waals surface area contributed by atoms with Gasteiger partial charge in [0.25, 0.3) is 5.91 Å². The number of nitrogens with zero attached hydrogens (tertiary/aromatic N) is 1. The van der Waals surface area contributed by atoms with Crippen LogP contribution in [0.15, 0.2) is 42.5 Å². The molecule has 0 saturated carbocycles. The minimum absolute atomic E-state index is 0.0520. The van der Waals surface area contributed by atoms with E-state index in [9.17, 15) is 9.59 Å². The Morgan fingerprint density at radius 1 is 1.16 bits per heavy atom. The molecule has 0 spiro atoms. The van der Waals surface area contributed by atoms with E-state index in [1.54, 1.807) is 0 Å². The van der Waals surface area contributed by atoms with Crippen LogP contribution in [-0.2, 0) is 4.79 Å². The Morgan fingerprint density at radius 2 is 1.92 bits per heavy atom. The van der Waals surface area contributed by atoms with E-state index in [-0.39, 0.29) is 11.6 Å². The molecule has 0 radical (unpaired) electrons. The van der Waals surface area contributed by atoms with E-state index in [0.29, 0.717) is 21.9 Å². The van der Waals surface area contributed by atoms with Crippen molar-refractivity contribution in [3.63, 3.8) is 0 Å². The Bertz CT molecular complexity index is 941. The van der Waals surface area contributed by atoms with Crippen molar-refractivity contribution in [2.75, 3.05) is 16.0 Å². The summed E-state index contributed by atoms with van der Waals surface area (Å²) in [7, 11) is 0. The summed E-state index contributed by atoms with van der Waals surface area (Å²) in [6, 6.07) is 13.9. The first kappa shape index (κ1) is 17.4. The summed E-state index contributed by atoms with van der Waals surface area (Å²) < 4.78 is 0. The molecule has 4 N–H and O–H groups in total. The van der Waals surface area contributed by atoms with Gasteiger partial charge < -0.3 is 16.4 Å². The minimum Gasteiger partial charge on any atom is -0.364 e. The average molecular weight is 419 g/mol. The van der Waals surface area contributed by atoms with Crippen LogP contribution in [-0.4, -0.2) is 22.1 Å². The monoisotopic (exact) mass is 418 g/mol. The predicted octanol–water partition coefficient (Wildman–Crippen LogP) is 3.86. The molecular formula is C17H15BrN4O2S. The smallest absolute Gasteiger partial charge is 0.270 e. The summed E-state index contributed by atoms with van der Waals surface area (Å²) in [6.07, 6.45) is 0.295. The fourth-order valence-electron chi connectivity index (χ4n) is 2.29. The van der Waals surface area contributed by atoms with E-state index in [2.05, 4.69) is 31.5 Å². The third-order valence-electron chi connectivity index (χ3n) is 3.44. The first-order valence-electron chi connectivity index (χ1n) is 7.49. The lowest BCUT2D eigenvalue weighted by Crippen LogP contribution is -2.17. The number of alkyl halides is 1. The fraction of sp³-hybridized carbons (Fsp3) is 0.118. The molecular weight excluding hydrogens is 404 g/mol. The summed E-state index contributed by atoms with van der Waals surface area (Å²) in [5.74, 6) is -0.891. The second-order valence-electron chi connectivity index (χ2n) is 5.24. The van der Waals surface area contributed by atoms with Crippen molar-refractivity contribution in [1.82, 2.24) is 4.98 Å². The number of halogens is 1. The summed E-state index contributed by atoms with van der Waals surface area (Å²) in [5, 5.41) is 9.42. The van der Waals surface area contributed by atoms with E-state index in [0.717, 1.165) is 16.5 Å². The standard InChI is InChI=1S/C17H15BrN4O2S/c18-8-7-13(23)21-16-14(15(19)24)22-17(25-16)20-12-6-5-10-3-1-2-4-11(10)9-12/h1-6,9H,7-8H2,(H2,19,24)(H,20,22)(H,21,23). The van der Waals surface area contributed by atoms with Crippen molar-refractivity contribution < 1.29 is 9.59 Å². The number of hydrogen-bond acceptors (Lipinski definition) is 5. The Balaban J connectivity index is 1.86. The van der Waals surface area contributed by atoms with Crippen LogP contribution >= 0.6 is 27.3 Å². The number of nitrogens with one attached hydrogen (secondary N) is 2. The number of aromatic nitrogens is 1. The first-order chi connectivity index (χ1) is 12.1. The van der Waals surface area contributed by atoms with Crippen LogP contribution in [0.1, 0.15) is 16.9 Å². The molecule has 1 heterocycles. The van der Waals surface area contributed by atoms with Gasteiger partial charge in [0.2, 0.25) is 5.91 Å². The van der Waals surface area contributed by atoms with Crippen LogP contribution in [0.2, 0.25) is 0 Å². The zero-order valence-electron chi connectivity index (χ0n) is 13.1. The molecule has 0 aliphatic rings. The number of carbonyl (C=O) groups excluding carboxylic acids is 2. The summed E-state index contributed by atoms with van der Waals surface area (Å²) in [6.45, 7) is 0. The molecule has 3 rings (SSSR count). The van der Waals surface area contributed by atoms with Gasteiger partial charge in [-0.25, -0.2) is 4.98 Å². The van der Waals surface area contributed by atoms with Crippen molar-refractivity contribution in [1.29, 1.82) is 0 Å². The first-order valence-corrected chi connectivity index (χ1v) is 9.43. The molecule has 6 nitrogen and oxygen atoms in total. The molecule has 3 aromatic rings. The van der Waals surface area contributed by atoms with Crippen molar-refractivity contribution in [3.8, 4) is 0 Å². The summed E-state index contributed by atoms with van der Waals surface area (Å²) in [4.78, 5) is 27.6. The summed E-state index contributed by atoms with van der Waals surface area (Å²) in [5.41, 5.74) is 6.25. The van der Waals surface area contributed by atoms with Gasteiger partial charge in [-0.05, 0) is 22.9 Å². The normalized spacial score (nSPS) is 10.6. The van der Waals surface area contributed by atoms with Crippen molar-refractivity contribution >= 4 is 65.7 Å². The summed E-state index contributed by atoms with van der Waals surface area (Å²) >= 11 is 4.37. The Hall–Kier alpha value is -2.45. The van der Waals surface area contributed by atoms with Crippen LogP contribution in [0.5, 0.6) is 0 Å². The number of rotatable bonds is 6. The molecule has 0 fully saturated rings. The van der Waals surface area contributed by atoms with E-state index in [1.807, 2.05) is 42.5 Å². The number of anilines is 3. The molecule has 0 aliphatic heterocycles. The molecule has 0 atom stereocenters. The van der Waals surface area contributed by atoms with Gasteiger partial charge in [0.05, 0.1) is 0 Å². The second-order valence-corrected chi connectivity index (χ2v) is 7.03. The molecule has 0 unspecified atom stereocenters. The van der Waals surface area contributed by atoms with Crippen LogP contribution in [0.3, 0.4) is 0 Å². The van der Waals surface area contributed by atoms with Crippen LogP contribution in [0.4, 0.5) is 15.8 Å². The average Bonchev–Trinajstić information content (AvgIpc) is 2.97. The molecule has 2 aromatic carbocycles. The number of amides is 2. The molecule has 0 saturated heterocycles. The molecule has 0 bridgehead atoms. The zero-order chi connectivity index (χ0) is 17.8. The number of primary amides is 1. The Labute approximate surface area is 156 Å². The highest BCUT2D eigenvalue weighted by atomic mass is 79.9. The van der Waals surface area contributed by atoms with Gasteiger partial charge in [-0.15, -0.1) is 0 Å². The Morgan fingerprint density at radius 3 is 2.64 bits per heavy atom. The largest absolute Gasteiger partial charge is 0.364 e. The van der Waals surface area contributed by atoms with Crippen molar-refractivity contribution in [3.05, 3.63) is 48.2 Å². The lowest BCUT2D eigenvalue weighted by Gasteiger charge is -2.04. The van der Waals surface area contributed by atoms with E-state index in [4.69, 9.17) is 5.73 Å². The maximum Gasteiger partial charge on any atom is 0.270 e. The SMILES string of the molecule is NC(=O)c1nc(Nc2ccc3ccccc3c2)sc1NC(=O)CCBr. The number of fused-ring (bicyclic) bond motifs is 1. The lowest BCUT2D eigenvalue weighted by molar-refractivity contribution is -0.115. The highest BCUT2D eigenvalue weighted by Crippen LogP contribution is 2.31. The van der Waals surface area contributed by atoms with Gasteiger partial charge in [-0.3, -0.25) is 9.59 Å². The second kappa shape index (κ2) is 7.62. The number of hydrogen-bond donors (Lipinski definition) is 3. The molecule has 8 heteroatoms. The van der Waals surface area contributed by atoms with Crippen molar-refractivity contribution in [2.45, 2.75) is 6.42 Å². The fourth-order valence-corrected chi connectivity index (χ4v) is 3.56. The number of nitrogens with two attached hydrogens (primary N) is 1. The lowest BCUT2D eigenvalue weighted by atomic mass is 10.1. The van der Waals surface area contributed by atoms with Gasteiger partial charge >= 0.3 is 0 Å². The van der Waals surface area contributed by atoms with Gasteiger partial charge in [-0.2, -0.15) is 0 Å². The molecule has 0 aliphatic carbocycles. The quantitative estimate of drug-likeness (QED) is 0.529. The number of thiazole rings is 1. The zero-order valence-corrected chi connectivity index (χ0v) is 15.5. The van der Waals surface area contributed by atoms with Crippen molar-refractivity contribution in [2.24, 2.45) is 5.73 Å². The number of benzene rings is 2. The molecule has 25 heavy (non-hydrogen) atoms. The van der Waals surface area contributed by atoms with Gasteiger partial charge in [0, 0.05) is 17.4 Å². The maximum atomic E-state index is 11.8. The highest BCUT2D eigenvalue weighted by molar-refractivity contribution is 9.09. The number of carbonyl (C=O) groups is 2. The molecule has 1 aromatic heterocycles. The topological polar surface area (TPSA) is 97.1 Å². The maximum absolute atomic E-state index is 11.8. The van der Waals surface area contributed by atoms with Crippen LogP contribution in [0.25, 0.3) is 10.8 Å². The minimum atomic E-state index is -0.683. The van der Waals surface area contributed by atoms with Crippen LogP contribution in [0, 0.1) is 0 Å². The predicted molar refractivity (Wildman–Crippen MR) is 105 cm³/mol. The van der Waals surface area contributed by atoms with Gasteiger partial charge in [-0.1, -0.05) is 57.6 Å².